The Morgan fingerprint density at radius 1 is 1.32 bits per heavy atom. The van der Waals surface area contributed by atoms with E-state index in [2.05, 4.69) is 30.7 Å². The monoisotopic (exact) mass is 423 g/mol. The van der Waals surface area contributed by atoms with E-state index in [1.54, 1.807) is 30.2 Å². The molecule has 3 aromatic heterocycles. The number of piperidine rings is 1. The summed E-state index contributed by atoms with van der Waals surface area (Å²) in [7, 11) is 1.74. The maximum absolute atomic E-state index is 13.6. The Kier molecular flexibility index (Phi) is 4.58. The van der Waals surface area contributed by atoms with Crippen LogP contribution < -0.4 is 15.4 Å². The fourth-order valence-electron chi connectivity index (χ4n) is 3.96. The van der Waals surface area contributed by atoms with Gasteiger partial charge in [-0.3, -0.25) is 4.68 Å². The van der Waals surface area contributed by atoms with Crippen LogP contribution in [-0.2, 0) is 7.05 Å². The molecule has 1 aliphatic heterocycles. The molecule has 1 aromatic carbocycles. The van der Waals surface area contributed by atoms with Crippen LogP contribution in [0.25, 0.3) is 33.5 Å². The summed E-state index contributed by atoms with van der Waals surface area (Å²) in [6, 6.07) is 4.48. The maximum atomic E-state index is 13.6. The van der Waals surface area contributed by atoms with Gasteiger partial charge in [-0.05, 0) is 51.1 Å². The lowest BCUT2D eigenvalue weighted by atomic mass is 9.91. The lowest BCUT2D eigenvalue weighted by Gasteiger charge is -2.34. The molecule has 4 aromatic rings. The van der Waals surface area contributed by atoms with Crippen molar-refractivity contribution >= 4 is 28.2 Å². The van der Waals surface area contributed by atoms with E-state index in [-0.39, 0.29) is 17.1 Å². The summed E-state index contributed by atoms with van der Waals surface area (Å²) in [5, 5.41) is 11.5. The number of halogens is 1. The normalized spacial score (nSPS) is 16.0. The second-order valence-corrected chi connectivity index (χ2v) is 8.06. The van der Waals surface area contributed by atoms with E-state index in [1.807, 2.05) is 6.92 Å². The molecule has 1 aliphatic rings. The highest BCUT2D eigenvalue weighted by atomic mass is 19.1. The molecule has 0 atom stereocenters. The van der Waals surface area contributed by atoms with E-state index in [1.165, 1.54) is 12.1 Å². The number of carbonyl (C=O) groups is 1. The minimum absolute atomic E-state index is 0.283. The maximum Gasteiger partial charge on any atom is 0.413 e. The van der Waals surface area contributed by atoms with Gasteiger partial charge in [-0.1, -0.05) is 0 Å². The van der Waals surface area contributed by atoms with Gasteiger partial charge >= 0.3 is 6.09 Å². The molecule has 1 amide bonds. The number of amides is 1. The van der Waals surface area contributed by atoms with Crippen LogP contribution >= 0.6 is 0 Å². The molecule has 160 valence electrons. The molecule has 0 saturated carbocycles. The quantitative estimate of drug-likeness (QED) is 0.467. The molecule has 9 nitrogen and oxygen atoms in total. The van der Waals surface area contributed by atoms with Gasteiger partial charge in [0.15, 0.2) is 16.9 Å². The van der Waals surface area contributed by atoms with E-state index in [4.69, 9.17) is 4.74 Å². The van der Waals surface area contributed by atoms with Crippen LogP contribution in [0.2, 0.25) is 0 Å². The Morgan fingerprint density at radius 3 is 2.94 bits per heavy atom. The third kappa shape index (κ3) is 3.59. The highest BCUT2D eigenvalue weighted by Gasteiger charge is 2.29. The molecule has 0 aliphatic carbocycles. The summed E-state index contributed by atoms with van der Waals surface area (Å²) < 4.78 is 20.8. The smallest absolute Gasteiger partial charge is 0.406 e. The van der Waals surface area contributed by atoms with Crippen LogP contribution in [0.3, 0.4) is 0 Å². The fourth-order valence-corrected chi connectivity index (χ4v) is 3.96. The molecule has 1 saturated heterocycles. The van der Waals surface area contributed by atoms with Crippen molar-refractivity contribution in [2.45, 2.75) is 25.3 Å². The minimum atomic E-state index is -0.531. The summed E-state index contributed by atoms with van der Waals surface area (Å²) in [4.78, 5) is 24.5. The number of H-pyrrole nitrogens is 1. The summed E-state index contributed by atoms with van der Waals surface area (Å²) >= 11 is 0. The number of ether oxygens (including phenoxy) is 1. The van der Waals surface area contributed by atoms with Crippen molar-refractivity contribution in [1.29, 1.82) is 0 Å². The van der Waals surface area contributed by atoms with Gasteiger partial charge in [0.1, 0.15) is 17.2 Å². The lowest BCUT2D eigenvalue weighted by molar-refractivity contribution is 0.177. The summed E-state index contributed by atoms with van der Waals surface area (Å²) in [5.74, 6) is -0.0518. The van der Waals surface area contributed by atoms with Crippen molar-refractivity contribution in [2.24, 2.45) is 7.05 Å². The van der Waals surface area contributed by atoms with Crippen LogP contribution in [0.5, 0.6) is 5.75 Å². The predicted octanol–water partition coefficient (Wildman–Crippen LogP) is 2.88. The first-order valence-corrected chi connectivity index (χ1v) is 10.1. The molecular weight excluding hydrogens is 401 g/mol. The van der Waals surface area contributed by atoms with Crippen molar-refractivity contribution < 1.29 is 13.9 Å². The van der Waals surface area contributed by atoms with E-state index < -0.39 is 6.09 Å². The Balaban J connectivity index is 1.46. The fraction of sp³-hybridized carbons (Fsp3) is 0.333. The van der Waals surface area contributed by atoms with Gasteiger partial charge in [-0.2, -0.15) is 5.10 Å². The third-order valence-electron chi connectivity index (χ3n) is 5.72. The largest absolute Gasteiger partial charge is 0.413 e. The van der Waals surface area contributed by atoms with Crippen molar-refractivity contribution in [2.75, 3.05) is 13.1 Å². The first-order chi connectivity index (χ1) is 14.9. The summed E-state index contributed by atoms with van der Waals surface area (Å²) in [6.07, 6.45) is 4.27. The SMILES string of the molecule is Cn1nc(-c2cnc3[nH]cc(OC(=O)NC4(C)CCNCC4)c3n2)c2ccc(F)cc21. The minimum Gasteiger partial charge on any atom is -0.406 e. The number of rotatable bonds is 3. The second kappa shape index (κ2) is 7.31. The van der Waals surface area contributed by atoms with Crippen LogP contribution in [-0.4, -0.2) is 49.5 Å². The molecule has 0 bridgehead atoms. The number of aromatic nitrogens is 5. The van der Waals surface area contributed by atoms with Gasteiger partial charge in [0.2, 0.25) is 0 Å². The molecular formula is C21H22FN7O2. The number of aryl methyl sites for hydroxylation is 1. The van der Waals surface area contributed by atoms with Crippen LogP contribution in [0.15, 0.2) is 30.6 Å². The third-order valence-corrected chi connectivity index (χ3v) is 5.72. The molecule has 0 radical (unpaired) electrons. The number of aromatic amines is 1. The number of nitrogens with zero attached hydrogens (tertiary/aromatic N) is 4. The van der Waals surface area contributed by atoms with Gasteiger partial charge < -0.3 is 20.4 Å². The molecule has 4 heterocycles. The number of nitrogens with one attached hydrogen (secondary N) is 3. The Bertz CT molecular complexity index is 1290. The number of hydrogen-bond acceptors (Lipinski definition) is 6. The molecule has 3 N–H and O–H groups in total. The van der Waals surface area contributed by atoms with Crippen molar-refractivity contribution in [3.63, 3.8) is 0 Å². The van der Waals surface area contributed by atoms with Crippen LogP contribution in [0, 0.1) is 5.82 Å². The average molecular weight is 423 g/mol. The van der Waals surface area contributed by atoms with Crippen molar-refractivity contribution in [3.8, 4) is 17.1 Å². The number of carbonyl (C=O) groups excluding carboxylic acids is 1. The number of hydrogen-bond donors (Lipinski definition) is 3. The van der Waals surface area contributed by atoms with Crippen LogP contribution in [0.1, 0.15) is 19.8 Å². The first-order valence-electron chi connectivity index (χ1n) is 10.1. The lowest BCUT2D eigenvalue weighted by Crippen LogP contribution is -2.53. The van der Waals surface area contributed by atoms with Gasteiger partial charge in [0.25, 0.3) is 0 Å². The Hall–Kier alpha value is -3.53. The van der Waals surface area contributed by atoms with E-state index in [0.717, 1.165) is 31.3 Å². The molecule has 0 unspecified atom stereocenters. The predicted molar refractivity (Wildman–Crippen MR) is 113 cm³/mol. The Morgan fingerprint density at radius 2 is 2.13 bits per heavy atom. The second-order valence-electron chi connectivity index (χ2n) is 8.06. The summed E-state index contributed by atoms with van der Waals surface area (Å²) in [5.41, 5.74) is 2.32. The zero-order valence-electron chi connectivity index (χ0n) is 17.2. The highest BCUT2D eigenvalue weighted by Crippen LogP contribution is 2.30. The standard InChI is InChI=1S/C21H22FN7O2/c1-21(5-7-23-8-6-21)27-20(30)31-16-11-25-19-18(16)26-14(10-24-19)17-13-4-3-12(22)9-15(13)29(2)28-17/h3-4,9-11,23H,5-8H2,1-2H3,(H,24,25)(H,27,30). The molecule has 0 spiro atoms. The molecule has 10 heteroatoms. The average Bonchev–Trinajstić information content (AvgIpc) is 3.28. The van der Waals surface area contributed by atoms with Crippen molar-refractivity contribution in [3.05, 3.63) is 36.4 Å². The van der Waals surface area contributed by atoms with E-state index >= 15 is 0 Å². The summed E-state index contributed by atoms with van der Waals surface area (Å²) in [6.45, 7) is 3.71. The molecule has 1 fully saturated rings. The van der Waals surface area contributed by atoms with E-state index in [9.17, 15) is 9.18 Å². The number of benzene rings is 1. The Labute approximate surface area is 177 Å². The van der Waals surface area contributed by atoms with Gasteiger partial charge in [-0.25, -0.2) is 19.2 Å². The highest BCUT2D eigenvalue weighted by molar-refractivity contribution is 5.93. The topological polar surface area (TPSA) is 110 Å². The zero-order chi connectivity index (χ0) is 21.6. The van der Waals surface area contributed by atoms with Crippen LogP contribution in [0.4, 0.5) is 9.18 Å². The van der Waals surface area contributed by atoms with Gasteiger partial charge in [0.05, 0.1) is 11.7 Å². The molecule has 31 heavy (non-hydrogen) atoms. The van der Waals surface area contributed by atoms with Crippen molar-refractivity contribution in [1.82, 2.24) is 35.4 Å². The first kappa shape index (κ1) is 19.4. The van der Waals surface area contributed by atoms with E-state index in [0.29, 0.717) is 28.1 Å². The van der Waals surface area contributed by atoms with Gasteiger partial charge in [-0.15, -0.1) is 0 Å². The number of fused-ring (bicyclic) bond motifs is 2. The zero-order valence-corrected chi connectivity index (χ0v) is 17.2. The molecule has 5 rings (SSSR count). The van der Waals surface area contributed by atoms with Gasteiger partial charge in [0, 0.05) is 24.2 Å².